The van der Waals surface area contributed by atoms with Crippen LogP contribution in [0.25, 0.3) is 6.08 Å². The van der Waals surface area contributed by atoms with Crippen molar-refractivity contribution in [2.24, 2.45) is 5.73 Å². The van der Waals surface area contributed by atoms with E-state index in [1.807, 2.05) is 0 Å². The highest BCUT2D eigenvalue weighted by molar-refractivity contribution is 7.92. The van der Waals surface area contributed by atoms with Crippen LogP contribution in [0.15, 0.2) is 18.7 Å². The predicted molar refractivity (Wildman–Crippen MR) is 88.0 cm³/mol. The second kappa shape index (κ2) is 6.99. The van der Waals surface area contributed by atoms with Crippen LogP contribution in [-0.2, 0) is 21.2 Å². The Labute approximate surface area is 135 Å². The first-order valence-corrected chi connectivity index (χ1v) is 8.74. The second-order valence-electron chi connectivity index (χ2n) is 5.80. The van der Waals surface area contributed by atoms with Crippen LogP contribution in [-0.4, -0.2) is 26.4 Å². The molecule has 1 aromatic carbocycles. The minimum atomic E-state index is -3.60. The molecule has 1 rings (SSSR count). The molecule has 0 fully saturated rings. The Hall–Kier alpha value is -2.09. The number of hydrogen-bond donors (Lipinski definition) is 2. The average Bonchev–Trinajstić information content (AvgIpc) is 2.36. The molecular weight excluding hydrogens is 323 g/mol. The quantitative estimate of drug-likeness (QED) is 0.794. The number of rotatable bonds is 7. The van der Waals surface area contributed by atoms with Crippen LogP contribution < -0.4 is 10.5 Å². The van der Waals surface area contributed by atoms with E-state index in [1.165, 1.54) is 12.1 Å². The van der Waals surface area contributed by atoms with Gasteiger partial charge in [-0.2, -0.15) is 0 Å². The van der Waals surface area contributed by atoms with E-state index in [0.717, 1.165) is 6.26 Å². The number of hydrogen-bond acceptors (Lipinski definition) is 4. The Balaban J connectivity index is 3.01. The van der Waals surface area contributed by atoms with Gasteiger partial charge in [-0.1, -0.05) is 12.7 Å². The normalized spacial score (nSPS) is 11.8. The van der Waals surface area contributed by atoms with Crippen LogP contribution in [0.5, 0.6) is 0 Å². The van der Waals surface area contributed by atoms with Crippen LogP contribution in [0, 0.1) is 5.82 Å². The first kappa shape index (κ1) is 19.0. The first-order valence-electron chi connectivity index (χ1n) is 6.84. The Morgan fingerprint density at radius 3 is 2.57 bits per heavy atom. The smallest absolute Gasteiger partial charge is 0.405 e. The molecule has 0 aliphatic heterocycles. The molecule has 1 aromatic rings. The number of halogens is 1. The standard InChI is InChI=1S/C15H21FN2O4S/c1-5-11-8-10(6-7-15(2,3)22-14(17)19)9-12(16)13(11)18-23(4,20)21/h5,8-9,18H,1,6-7H2,2-4H3,(H2,17,19). The summed E-state index contributed by atoms with van der Waals surface area (Å²) in [6, 6.07) is 2.87. The summed E-state index contributed by atoms with van der Waals surface area (Å²) in [5, 5.41) is 0. The summed E-state index contributed by atoms with van der Waals surface area (Å²) in [5.41, 5.74) is 5.02. The van der Waals surface area contributed by atoms with Crippen molar-refractivity contribution in [3.63, 3.8) is 0 Å². The van der Waals surface area contributed by atoms with Crippen LogP contribution in [0.2, 0.25) is 0 Å². The summed E-state index contributed by atoms with van der Waals surface area (Å²) < 4.78 is 43.9. The molecule has 0 aliphatic carbocycles. The van der Waals surface area contributed by atoms with Gasteiger partial charge in [-0.25, -0.2) is 17.6 Å². The largest absolute Gasteiger partial charge is 0.444 e. The van der Waals surface area contributed by atoms with Gasteiger partial charge in [0, 0.05) is 5.56 Å². The molecule has 0 radical (unpaired) electrons. The third-order valence-electron chi connectivity index (χ3n) is 3.08. The Morgan fingerprint density at radius 2 is 2.09 bits per heavy atom. The molecule has 0 aromatic heterocycles. The summed E-state index contributed by atoms with van der Waals surface area (Å²) in [4.78, 5) is 10.8. The van der Waals surface area contributed by atoms with E-state index >= 15 is 0 Å². The Bertz CT molecular complexity index is 714. The monoisotopic (exact) mass is 344 g/mol. The maximum Gasteiger partial charge on any atom is 0.405 e. The zero-order chi connectivity index (χ0) is 17.8. The Morgan fingerprint density at radius 1 is 1.48 bits per heavy atom. The van der Waals surface area contributed by atoms with Gasteiger partial charge in [0.15, 0.2) is 0 Å². The maximum atomic E-state index is 14.2. The molecule has 0 spiro atoms. The molecule has 0 saturated heterocycles. The van der Waals surface area contributed by atoms with E-state index < -0.39 is 27.5 Å². The van der Waals surface area contributed by atoms with Crippen molar-refractivity contribution in [3.8, 4) is 0 Å². The SMILES string of the molecule is C=Cc1cc(CCC(C)(C)OC(N)=O)cc(F)c1NS(C)(=O)=O. The fourth-order valence-electron chi connectivity index (χ4n) is 2.05. The highest BCUT2D eigenvalue weighted by Crippen LogP contribution is 2.26. The van der Waals surface area contributed by atoms with E-state index in [0.29, 0.717) is 24.0 Å². The van der Waals surface area contributed by atoms with E-state index in [2.05, 4.69) is 11.3 Å². The number of primary amides is 1. The van der Waals surface area contributed by atoms with Crippen molar-refractivity contribution in [2.45, 2.75) is 32.3 Å². The molecule has 23 heavy (non-hydrogen) atoms. The number of amides is 1. The highest BCUT2D eigenvalue weighted by atomic mass is 32.2. The van der Waals surface area contributed by atoms with E-state index in [-0.39, 0.29) is 5.69 Å². The molecule has 3 N–H and O–H groups in total. The van der Waals surface area contributed by atoms with Crippen molar-refractivity contribution < 1.29 is 22.3 Å². The molecule has 0 atom stereocenters. The number of anilines is 1. The molecule has 0 bridgehead atoms. The van der Waals surface area contributed by atoms with Crippen LogP contribution in [0.3, 0.4) is 0 Å². The number of aryl methyl sites for hydroxylation is 1. The zero-order valence-electron chi connectivity index (χ0n) is 13.3. The Kier molecular flexibility index (Phi) is 5.76. The van der Waals surface area contributed by atoms with Crippen molar-refractivity contribution in [1.82, 2.24) is 0 Å². The fourth-order valence-corrected chi connectivity index (χ4v) is 2.64. The number of nitrogens with two attached hydrogens (primary N) is 1. The van der Waals surface area contributed by atoms with Gasteiger partial charge in [-0.3, -0.25) is 4.72 Å². The number of sulfonamides is 1. The number of carbonyl (C=O) groups is 1. The molecule has 0 saturated carbocycles. The first-order chi connectivity index (χ1) is 10.4. The second-order valence-corrected chi connectivity index (χ2v) is 7.55. The minimum Gasteiger partial charge on any atom is -0.444 e. The predicted octanol–water partition coefficient (Wildman–Crippen LogP) is 2.65. The number of ether oxygens (including phenoxy) is 1. The van der Waals surface area contributed by atoms with E-state index in [4.69, 9.17) is 10.5 Å². The molecule has 0 unspecified atom stereocenters. The zero-order valence-corrected chi connectivity index (χ0v) is 14.2. The summed E-state index contributed by atoms with van der Waals surface area (Å²) in [6.07, 6.45) is 2.27. The topological polar surface area (TPSA) is 98.5 Å². The van der Waals surface area contributed by atoms with Crippen molar-refractivity contribution in [2.75, 3.05) is 11.0 Å². The van der Waals surface area contributed by atoms with Gasteiger partial charge in [0.2, 0.25) is 10.0 Å². The molecule has 1 amide bonds. The lowest BCUT2D eigenvalue weighted by Crippen LogP contribution is -2.31. The molecule has 0 heterocycles. The lowest BCUT2D eigenvalue weighted by Gasteiger charge is -2.24. The van der Waals surface area contributed by atoms with Gasteiger partial charge in [0.25, 0.3) is 0 Å². The van der Waals surface area contributed by atoms with Crippen LogP contribution in [0.4, 0.5) is 14.9 Å². The van der Waals surface area contributed by atoms with Crippen molar-refractivity contribution in [1.29, 1.82) is 0 Å². The lowest BCUT2D eigenvalue weighted by molar-refractivity contribution is 0.0394. The van der Waals surface area contributed by atoms with Gasteiger partial charge in [0.05, 0.1) is 11.9 Å². The van der Waals surface area contributed by atoms with Crippen LogP contribution >= 0.6 is 0 Å². The average molecular weight is 344 g/mol. The van der Waals surface area contributed by atoms with E-state index in [9.17, 15) is 17.6 Å². The summed E-state index contributed by atoms with van der Waals surface area (Å²) in [5.74, 6) is -0.698. The van der Waals surface area contributed by atoms with E-state index in [1.54, 1.807) is 19.9 Å². The minimum absolute atomic E-state index is 0.140. The fraction of sp³-hybridized carbons (Fsp3) is 0.400. The lowest BCUT2D eigenvalue weighted by atomic mass is 9.97. The summed E-state index contributed by atoms with van der Waals surface area (Å²) in [6.45, 7) is 6.96. The van der Waals surface area contributed by atoms with Crippen LogP contribution in [0.1, 0.15) is 31.4 Å². The van der Waals surface area contributed by atoms with Gasteiger partial charge in [-0.15, -0.1) is 0 Å². The third-order valence-corrected chi connectivity index (χ3v) is 3.66. The molecule has 6 nitrogen and oxygen atoms in total. The number of benzene rings is 1. The van der Waals surface area contributed by atoms with Gasteiger partial charge < -0.3 is 10.5 Å². The third kappa shape index (κ3) is 6.27. The highest BCUT2D eigenvalue weighted by Gasteiger charge is 2.22. The van der Waals surface area contributed by atoms with Gasteiger partial charge in [0.1, 0.15) is 11.4 Å². The maximum absolute atomic E-state index is 14.2. The summed E-state index contributed by atoms with van der Waals surface area (Å²) in [7, 11) is -3.60. The molecular formula is C15H21FN2O4S. The van der Waals surface area contributed by atoms with Gasteiger partial charge >= 0.3 is 6.09 Å². The van der Waals surface area contributed by atoms with Crippen molar-refractivity contribution >= 4 is 27.9 Å². The molecule has 8 heteroatoms. The summed E-state index contributed by atoms with van der Waals surface area (Å²) >= 11 is 0. The number of carbonyl (C=O) groups excluding carboxylic acids is 1. The molecule has 128 valence electrons. The van der Waals surface area contributed by atoms with Crippen molar-refractivity contribution in [3.05, 3.63) is 35.7 Å². The number of nitrogens with one attached hydrogen (secondary N) is 1. The van der Waals surface area contributed by atoms with Gasteiger partial charge in [-0.05, 0) is 44.4 Å². The molecule has 0 aliphatic rings.